The number of likely N-dealkylation sites (tertiary alicyclic amines) is 1. The zero-order valence-electron chi connectivity index (χ0n) is 18.8. The second-order valence-electron chi connectivity index (χ2n) is 8.31. The topological polar surface area (TPSA) is 57.5 Å². The first-order valence-electron chi connectivity index (χ1n) is 11.5. The molecule has 0 spiro atoms. The second kappa shape index (κ2) is 11.7. The Kier molecular flexibility index (Phi) is 8.75. The van der Waals surface area contributed by atoms with Crippen LogP contribution in [-0.4, -0.2) is 52.1 Å². The predicted molar refractivity (Wildman–Crippen MR) is 125 cm³/mol. The molecule has 1 saturated heterocycles. The minimum absolute atomic E-state index is 0.485. The summed E-state index contributed by atoms with van der Waals surface area (Å²) in [4.78, 5) is 11.7. The molecule has 0 radical (unpaired) electrons. The van der Waals surface area contributed by atoms with Crippen LogP contribution in [0.4, 0.5) is 0 Å². The fourth-order valence-corrected chi connectivity index (χ4v) is 4.14. The van der Waals surface area contributed by atoms with Gasteiger partial charge in [-0.2, -0.15) is 0 Å². The molecule has 3 rings (SSSR count). The molecule has 1 aliphatic rings. The Morgan fingerprint density at radius 3 is 2.77 bits per heavy atom. The molecule has 1 aromatic heterocycles. The molecule has 2 atom stereocenters. The van der Waals surface area contributed by atoms with E-state index in [0.29, 0.717) is 12.1 Å². The van der Waals surface area contributed by atoms with Gasteiger partial charge >= 0.3 is 0 Å². The summed E-state index contributed by atoms with van der Waals surface area (Å²) >= 11 is 0. The van der Waals surface area contributed by atoms with E-state index < -0.39 is 0 Å². The molecule has 0 amide bonds. The highest BCUT2D eigenvalue weighted by Gasteiger charge is 2.25. The summed E-state index contributed by atoms with van der Waals surface area (Å²) in [6.45, 7) is 11.5. The van der Waals surface area contributed by atoms with E-state index in [1.54, 1.807) is 0 Å². The smallest absolute Gasteiger partial charge is 0.191 e. The van der Waals surface area contributed by atoms with Gasteiger partial charge in [0.05, 0.1) is 0 Å². The highest BCUT2D eigenvalue weighted by Crippen LogP contribution is 2.20. The summed E-state index contributed by atoms with van der Waals surface area (Å²) < 4.78 is 2.21. The Labute approximate surface area is 181 Å². The molecule has 2 unspecified atom stereocenters. The van der Waals surface area contributed by atoms with Crippen LogP contribution >= 0.6 is 0 Å². The van der Waals surface area contributed by atoms with E-state index in [2.05, 4.69) is 82.4 Å². The standard InChI is InChI=1S/C24H38N6/c1-4-25-24(27-13-8-9-15-29-17-14-26-21(29)3)28-23-12-16-30(20(2)18-23)19-22-10-6-5-7-11-22/h5-7,10-11,14,17,20,23H,4,8-9,12-13,15-16,18-19H2,1-3H3,(H2,25,27,28). The lowest BCUT2D eigenvalue weighted by Crippen LogP contribution is -2.51. The van der Waals surface area contributed by atoms with E-state index in [-0.39, 0.29) is 0 Å². The number of guanidine groups is 1. The summed E-state index contributed by atoms with van der Waals surface area (Å²) in [6, 6.07) is 11.8. The largest absolute Gasteiger partial charge is 0.357 e. The molecular weight excluding hydrogens is 372 g/mol. The molecule has 30 heavy (non-hydrogen) atoms. The summed E-state index contributed by atoms with van der Waals surface area (Å²) in [5, 5.41) is 7.10. The first-order valence-corrected chi connectivity index (χ1v) is 11.5. The van der Waals surface area contributed by atoms with Gasteiger partial charge in [0.15, 0.2) is 5.96 Å². The van der Waals surface area contributed by atoms with E-state index in [9.17, 15) is 0 Å². The van der Waals surface area contributed by atoms with Crippen molar-refractivity contribution in [2.24, 2.45) is 4.99 Å². The van der Waals surface area contributed by atoms with E-state index in [0.717, 1.165) is 70.2 Å². The average molecular weight is 411 g/mol. The zero-order chi connectivity index (χ0) is 21.2. The van der Waals surface area contributed by atoms with Crippen molar-refractivity contribution in [2.45, 2.75) is 71.6 Å². The van der Waals surface area contributed by atoms with Gasteiger partial charge in [-0.05, 0) is 52.0 Å². The van der Waals surface area contributed by atoms with Gasteiger partial charge in [0.2, 0.25) is 0 Å². The number of benzene rings is 1. The molecule has 2 N–H and O–H groups in total. The number of hydrogen-bond donors (Lipinski definition) is 2. The van der Waals surface area contributed by atoms with Crippen molar-refractivity contribution in [3.63, 3.8) is 0 Å². The molecule has 6 heteroatoms. The molecule has 2 heterocycles. The number of nitrogens with one attached hydrogen (secondary N) is 2. The number of hydrogen-bond acceptors (Lipinski definition) is 3. The number of imidazole rings is 1. The number of aromatic nitrogens is 2. The quantitative estimate of drug-likeness (QED) is 0.377. The van der Waals surface area contributed by atoms with Crippen LogP contribution < -0.4 is 10.6 Å². The molecule has 1 fully saturated rings. The van der Waals surface area contributed by atoms with Gasteiger partial charge < -0.3 is 15.2 Å². The zero-order valence-corrected chi connectivity index (χ0v) is 18.8. The predicted octanol–water partition coefficient (Wildman–Crippen LogP) is 3.58. The molecule has 1 aromatic carbocycles. The molecule has 2 aromatic rings. The van der Waals surface area contributed by atoms with Crippen LogP contribution in [0, 0.1) is 6.92 Å². The van der Waals surface area contributed by atoms with Crippen LogP contribution in [0.25, 0.3) is 0 Å². The first-order chi connectivity index (χ1) is 14.7. The number of nitrogens with zero attached hydrogens (tertiary/aromatic N) is 4. The maximum absolute atomic E-state index is 4.82. The Balaban J connectivity index is 1.42. The Hall–Kier alpha value is -2.34. The second-order valence-corrected chi connectivity index (χ2v) is 8.31. The van der Waals surface area contributed by atoms with Gasteiger partial charge in [-0.25, -0.2) is 4.98 Å². The Morgan fingerprint density at radius 2 is 2.07 bits per heavy atom. The number of unbranched alkanes of at least 4 members (excludes halogenated alkanes) is 1. The van der Waals surface area contributed by atoms with E-state index in [1.165, 1.54) is 5.56 Å². The lowest BCUT2D eigenvalue weighted by Gasteiger charge is -2.38. The third-order valence-corrected chi connectivity index (χ3v) is 5.93. The molecule has 0 saturated carbocycles. The molecule has 164 valence electrons. The lowest BCUT2D eigenvalue weighted by molar-refractivity contribution is 0.134. The van der Waals surface area contributed by atoms with Crippen molar-refractivity contribution in [1.82, 2.24) is 25.1 Å². The van der Waals surface area contributed by atoms with Gasteiger partial charge in [0, 0.05) is 57.2 Å². The maximum atomic E-state index is 4.82. The third-order valence-electron chi connectivity index (χ3n) is 5.93. The summed E-state index contributed by atoms with van der Waals surface area (Å²) in [5.74, 6) is 2.05. The molecule has 0 aliphatic carbocycles. The van der Waals surface area contributed by atoms with Crippen molar-refractivity contribution < 1.29 is 0 Å². The van der Waals surface area contributed by atoms with E-state index in [1.807, 2.05) is 6.20 Å². The van der Waals surface area contributed by atoms with Crippen LogP contribution in [0.3, 0.4) is 0 Å². The van der Waals surface area contributed by atoms with Gasteiger partial charge in [0.1, 0.15) is 5.82 Å². The van der Waals surface area contributed by atoms with E-state index in [4.69, 9.17) is 4.99 Å². The molecule has 1 aliphatic heterocycles. The van der Waals surface area contributed by atoms with Crippen molar-refractivity contribution in [3.05, 3.63) is 54.1 Å². The number of piperidine rings is 1. The number of aliphatic imine (C=N–C) groups is 1. The highest BCUT2D eigenvalue weighted by atomic mass is 15.2. The van der Waals surface area contributed by atoms with Gasteiger partial charge in [-0.1, -0.05) is 30.3 Å². The average Bonchev–Trinajstić information content (AvgIpc) is 3.15. The van der Waals surface area contributed by atoms with Crippen LogP contribution in [0.15, 0.2) is 47.7 Å². The third kappa shape index (κ3) is 6.87. The van der Waals surface area contributed by atoms with Crippen LogP contribution in [0.5, 0.6) is 0 Å². The van der Waals surface area contributed by atoms with E-state index >= 15 is 0 Å². The van der Waals surface area contributed by atoms with Crippen molar-refractivity contribution >= 4 is 5.96 Å². The fraction of sp³-hybridized carbons (Fsp3) is 0.583. The Bertz CT molecular complexity index is 769. The van der Waals surface area contributed by atoms with Gasteiger partial charge in [-0.15, -0.1) is 0 Å². The van der Waals surface area contributed by atoms with Crippen LogP contribution in [0.1, 0.15) is 50.9 Å². The molecule has 6 nitrogen and oxygen atoms in total. The SMILES string of the molecule is CCNC(=NCCCCn1ccnc1C)NC1CCN(Cc2ccccc2)C(C)C1. The Morgan fingerprint density at radius 1 is 1.23 bits per heavy atom. The maximum Gasteiger partial charge on any atom is 0.191 e. The fourth-order valence-electron chi connectivity index (χ4n) is 4.14. The highest BCUT2D eigenvalue weighted by molar-refractivity contribution is 5.80. The van der Waals surface area contributed by atoms with Crippen molar-refractivity contribution in [3.8, 4) is 0 Å². The summed E-state index contributed by atoms with van der Waals surface area (Å²) in [6.07, 6.45) is 8.43. The first kappa shape index (κ1) is 22.3. The minimum atomic E-state index is 0.485. The van der Waals surface area contributed by atoms with Gasteiger partial charge in [0.25, 0.3) is 0 Å². The van der Waals surface area contributed by atoms with Gasteiger partial charge in [-0.3, -0.25) is 9.89 Å². The number of rotatable bonds is 9. The molecule has 0 bridgehead atoms. The normalized spacial score (nSPS) is 20.3. The monoisotopic (exact) mass is 410 g/mol. The minimum Gasteiger partial charge on any atom is -0.357 e. The van der Waals surface area contributed by atoms with Crippen LogP contribution in [0.2, 0.25) is 0 Å². The lowest BCUT2D eigenvalue weighted by atomic mass is 9.97. The summed E-state index contributed by atoms with van der Waals surface area (Å²) in [5.41, 5.74) is 1.40. The van der Waals surface area contributed by atoms with Crippen molar-refractivity contribution in [1.29, 1.82) is 0 Å². The van der Waals surface area contributed by atoms with Crippen LogP contribution in [-0.2, 0) is 13.1 Å². The molecular formula is C24H38N6. The summed E-state index contributed by atoms with van der Waals surface area (Å²) in [7, 11) is 0. The van der Waals surface area contributed by atoms with Crippen molar-refractivity contribution in [2.75, 3.05) is 19.6 Å². The number of aryl methyl sites for hydroxylation is 2.